The van der Waals surface area contributed by atoms with Gasteiger partial charge in [-0.25, -0.2) is 4.79 Å². The van der Waals surface area contributed by atoms with E-state index in [-0.39, 0.29) is 0 Å². The summed E-state index contributed by atoms with van der Waals surface area (Å²) in [5, 5.41) is 12.1. The van der Waals surface area contributed by atoms with Gasteiger partial charge in [0.2, 0.25) is 0 Å². The van der Waals surface area contributed by atoms with Gasteiger partial charge in [-0.1, -0.05) is 12.1 Å². The topological polar surface area (TPSA) is 58.6 Å². The number of rotatable bonds is 5. The summed E-state index contributed by atoms with van der Waals surface area (Å²) in [4.78, 5) is 10.7. The number of carbonyl (C=O) groups is 1. The molecule has 0 radical (unpaired) electrons. The van der Waals surface area contributed by atoms with E-state index in [4.69, 9.17) is 9.84 Å². The molecule has 2 N–H and O–H groups in total. The van der Waals surface area contributed by atoms with E-state index >= 15 is 0 Å². The number of carboxylic acid groups (broad SMARTS) is 1. The van der Waals surface area contributed by atoms with Crippen molar-refractivity contribution in [3.05, 3.63) is 35.4 Å². The van der Waals surface area contributed by atoms with Crippen molar-refractivity contribution in [2.75, 3.05) is 13.2 Å². The van der Waals surface area contributed by atoms with Gasteiger partial charge in [-0.2, -0.15) is 0 Å². The van der Waals surface area contributed by atoms with Gasteiger partial charge >= 0.3 is 5.97 Å². The number of hydrogen-bond acceptors (Lipinski definition) is 3. The first-order valence-electron chi connectivity index (χ1n) is 5.90. The van der Waals surface area contributed by atoms with E-state index in [9.17, 15) is 4.79 Å². The largest absolute Gasteiger partial charge is 0.478 e. The van der Waals surface area contributed by atoms with Crippen LogP contribution in [0.3, 0.4) is 0 Å². The molecule has 0 bridgehead atoms. The van der Waals surface area contributed by atoms with Crippen molar-refractivity contribution in [3.8, 4) is 0 Å². The zero-order valence-corrected chi connectivity index (χ0v) is 9.69. The Morgan fingerprint density at radius 3 is 2.76 bits per heavy atom. The van der Waals surface area contributed by atoms with Crippen LogP contribution in [0.1, 0.15) is 28.8 Å². The number of hydrogen-bond donors (Lipinski definition) is 2. The lowest BCUT2D eigenvalue weighted by molar-refractivity contribution is 0.0697. The third-order valence-electron chi connectivity index (χ3n) is 2.93. The minimum absolute atomic E-state index is 0.327. The first kappa shape index (κ1) is 12.1. The van der Waals surface area contributed by atoms with Crippen LogP contribution < -0.4 is 5.32 Å². The fraction of sp³-hybridized carbons (Fsp3) is 0.462. The second kappa shape index (κ2) is 5.80. The van der Waals surface area contributed by atoms with Gasteiger partial charge in [0.05, 0.1) is 11.7 Å². The second-order valence-electron chi connectivity index (χ2n) is 4.27. The molecule has 1 aliphatic heterocycles. The molecule has 4 heteroatoms. The van der Waals surface area contributed by atoms with Crippen molar-refractivity contribution < 1.29 is 14.6 Å². The Kier molecular flexibility index (Phi) is 4.12. The molecule has 0 saturated carbocycles. The molecule has 0 spiro atoms. The Hall–Kier alpha value is -1.39. The number of aromatic carboxylic acids is 1. The highest BCUT2D eigenvalue weighted by Crippen LogP contribution is 2.11. The predicted octanol–water partition coefficient (Wildman–Crippen LogP) is 1.65. The van der Waals surface area contributed by atoms with E-state index in [1.807, 2.05) is 12.1 Å². The van der Waals surface area contributed by atoms with Gasteiger partial charge in [-0.15, -0.1) is 0 Å². The Morgan fingerprint density at radius 2 is 2.18 bits per heavy atom. The first-order chi connectivity index (χ1) is 8.25. The highest BCUT2D eigenvalue weighted by atomic mass is 16.5. The molecule has 1 aliphatic rings. The molecule has 1 saturated heterocycles. The van der Waals surface area contributed by atoms with Crippen molar-refractivity contribution in [3.63, 3.8) is 0 Å². The van der Waals surface area contributed by atoms with E-state index in [2.05, 4.69) is 5.32 Å². The summed E-state index contributed by atoms with van der Waals surface area (Å²) in [5.41, 5.74) is 1.42. The minimum atomic E-state index is -0.885. The molecule has 1 aromatic carbocycles. The molecule has 0 amide bonds. The van der Waals surface area contributed by atoms with Crippen LogP contribution in [0, 0.1) is 0 Å². The molecule has 1 aromatic rings. The fourth-order valence-electron chi connectivity index (χ4n) is 1.95. The second-order valence-corrected chi connectivity index (χ2v) is 4.27. The van der Waals surface area contributed by atoms with Gasteiger partial charge < -0.3 is 15.2 Å². The van der Waals surface area contributed by atoms with E-state index in [0.717, 1.165) is 38.1 Å². The standard InChI is InChI=1S/C13H17NO3/c15-13(16)11-5-3-10(4-6-11)8-14-9-12-2-1-7-17-12/h3-6,12,14H,1-2,7-9H2,(H,15,16). The average molecular weight is 235 g/mol. The molecule has 1 fully saturated rings. The number of carboxylic acids is 1. The molecule has 0 aromatic heterocycles. The maximum Gasteiger partial charge on any atom is 0.335 e. The van der Waals surface area contributed by atoms with E-state index in [0.29, 0.717) is 11.7 Å². The van der Waals surface area contributed by atoms with Crippen LogP contribution in [-0.2, 0) is 11.3 Å². The van der Waals surface area contributed by atoms with Crippen molar-refractivity contribution in [2.45, 2.75) is 25.5 Å². The van der Waals surface area contributed by atoms with Crippen LogP contribution in [0.15, 0.2) is 24.3 Å². The van der Waals surface area contributed by atoms with Crippen molar-refractivity contribution in [1.82, 2.24) is 5.32 Å². The highest BCUT2D eigenvalue weighted by Gasteiger charge is 2.14. The molecule has 92 valence electrons. The lowest BCUT2D eigenvalue weighted by atomic mass is 10.1. The van der Waals surface area contributed by atoms with Gasteiger partial charge in [0.15, 0.2) is 0 Å². The lowest BCUT2D eigenvalue weighted by Gasteiger charge is -2.10. The molecular weight excluding hydrogens is 218 g/mol. The van der Waals surface area contributed by atoms with Crippen LogP contribution >= 0.6 is 0 Å². The lowest BCUT2D eigenvalue weighted by Crippen LogP contribution is -2.25. The molecule has 1 atom stereocenters. The Bertz CT molecular complexity index is 369. The predicted molar refractivity (Wildman–Crippen MR) is 64.1 cm³/mol. The zero-order valence-electron chi connectivity index (χ0n) is 9.69. The van der Waals surface area contributed by atoms with Crippen molar-refractivity contribution >= 4 is 5.97 Å². The number of ether oxygens (including phenoxy) is 1. The Labute approximate surface area is 101 Å². The van der Waals surface area contributed by atoms with Gasteiger partial charge in [-0.05, 0) is 30.5 Å². The number of nitrogens with one attached hydrogen (secondary N) is 1. The molecular formula is C13H17NO3. The molecule has 1 unspecified atom stereocenters. The summed E-state index contributed by atoms with van der Waals surface area (Å²) >= 11 is 0. The molecule has 0 aliphatic carbocycles. The monoisotopic (exact) mass is 235 g/mol. The van der Waals surface area contributed by atoms with Crippen molar-refractivity contribution in [2.24, 2.45) is 0 Å². The summed E-state index contributed by atoms with van der Waals surface area (Å²) in [6.45, 7) is 2.49. The molecule has 1 heterocycles. The Morgan fingerprint density at radius 1 is 1.41 bits per heavy atom. The summed E-state index contributed by atoms with van der Waals surface area (Å²) in [6.07, 6.45) is 2.62. The molecule has 2 rings (SSSR count). The maximum atomic E-state index is 10.7. The normalized spacial score (nSPS) is 19.4. The van der Waals surface area contributed by atoms with Crippen LogP contribution in [-0.4, -0.2) is 30.3 Å². The van der Waals surface area contributed by atoms with Crippen LogP contribution in [0.2, 0.25) is 0 Å². The molecule has 17 heavy (non-hydrogen) atoms. The maximum absolute atomic E-state index is 10.7. The van der Waals surface area contributed by atoms with Gasteiger partial charge in [-0.3, -0.25) is 0 Å². The fourth-order valence-corrected chi connectivity index (χ4v) is 1.95. The summed E-state index contributed by atoms with van der Waals surface area (Å²) in [5.74, 6) is -0.885. The zero-order chi connectivity index (χ0) is 12.1. The highest BCUT2D eigenvalue weighted by molar-refractivity contribution is 5.87. The number of benzene rings is 1. The van der Waals surface area contributed by atoms with Crippen LogP contribution in [0.5, 0.6) is 0 Å². The minimum Gasteiger partial charge on any atom is -0.478 e. The van der Waals surface area contributed by atoms with Gasteiger partial charge in [0, 0.05) is 19.7 Å². The SMILES string of the molecule is O=C(O)c1ccc(CNCC2CCCO2)cc1. The third-order valence-corrected chi connectivity index (χ3v) is 2.93. The quantitative estimate of drug-likeness (QED) is 0.814. The van der Waals surface area contributed by atoms with E-state index in [1.165, 1.54) is 0 Å². The summed E-state index contributed by atoms with van der Waals surface area (Å²) in [7, 11) is 0. The smallest absolute Gasteiger partial charge is 0.335 e. The van der Waals surface area contributed by atoms with Crippen LogP contribution in [0.25, 0.3) is 0 Å². The van der Waals surface area contributed by atoms with E-state index < -0.39 is 5.97 Å². The van der Waals surface area contributed by atoms with Crippen molar-refractivity contribution in [1.29, 1.82) is 0 Å². The van der Waals surface area contributed by atoms with E-state index in [1.54, 1.807) is 12.1 Å². The van der Waals surface area contributed by atoms with Crippen LogP contribution in [0.4, 0.5) is 0 Å². The first-order valence-corrected chi connectivity index (χ1v) is 5.90. The Balaban J connectivity index is 1.76. The van der Waals surface area contributed by atoms with Gasteiger partial charge in [0.25, 0.3) is 0 Å². The summed E-state index contributed by atoms with van der Waals surface area (Å²) < 4.78 is 5.50. The molecule has 4 nitrogen and oxygen atoms in total. The van der Waals surface area contributed by atoms with Gasteiger partial charge in [0.1, 0.15) is 0 Å². The third kappa shape index (κ3) is 3.54. The summed E-state index contributed by atoms with van der Waals surface area (Å²) in [6, 6.07) is 6.94. The average Bonchev–Trinajstić information content (AvgIpc) is 2.83.